The summed E-state index contributed by atoms with van der Waals surface area (Å²) >= 11 is 0. The number of sulfonamides is 1. The number of benzene rings is 1. The van der Waals surface area contributed by atoms with Gasteiger partial charge in [-0.3, -0.25) is 0 Å². The van der Waals surface area contributed by atoms with Crippen LogP contribution in [0.3, 0.4) is 0 Å². The Morgan fingerprint density at radius 1 is 1.33 bits per heavy atom. The standard InChI is InChI=1S/C10H12F2N2O3S/c11-8-4-7(5-9(13)10(8)12)18(15,16)14-2-1-3-17-6-14/h4-5H,1-3,6,13H2. The lowest BCUT2D eigenvalue weighted by molar-refractivity contribution is 0.0313. The molecule has 1 aliphatic rings. The lowest BCUT2D eigenvalue weighted by Crippen LogP contribution is -2.38. The molecule has 2 rings (SSSR count). The van der Waals surface area contributed by atoms with E-state index in [1.54, 1.807) is 0 Å². The molecule has 2 N–H and O–H groups in total. The second kappa shape index (κ2) is 4.79. The number of halogens is 2. The minimum Gasteiger partial charge on any atom is -0.396 e. The summed E-state index contributed by atoms with van der Waals surface area (Å²) in [5, 5.41) is 0. The zero-order valence-electron chi connectivity index (χ0n) is 9.40. The zero-order valence-corrected chi connectivity index (χ0v) is 10.2. The Labute approximate surface area is 103 Å². The Balaban J connectivity index is 2.41. The van der Waals surface area contributed by atoms with Gasteiger partial charge in [0.05, 0.1) is 10.6 Å². The molecule has 18 heavy (non-hydrogen) atoms. The molecule has 0 unspecified atom stereocenters. The molecule has 0 spiro atoms. The average Bonchev–Trinajstić information content (AvgIpc) is 2.36. The summed E-state index contributed by atoms with van der Waals surface area (Å²) in [5.74, 6) is -2.53. The van der Waals surface area contributed by atoms with Crippen LogP contribution in [0.15, 0.2) is 17.0 Å². The Morgan fingerprint density at radius 2 is 2.06 bits per heavy atom. The summed E-state index contributed by atoms with van der Waals surface area (Å²) < 4.78 is 56.5. The van der Waals surface area contributed by atoms with E-state index < -0.39 is 27.3 Å². The van der Waals surface area contributed by atoms with Crippen molar-refractivity contribution in [2.24, 2.45) is 0 Å². The summed E-state index contributed by atoms with van der Waals surface area (Å²) in [4.78, 5) is -0.371. The van der Waals surface area contributed by atoms with E-state index in [-0.39, 0.29) is 18.2 Å². The van der Waals surface area contributed by atoms with Gasteiger partial charge >= 0.3 is 0 Å². The Morgan fingerprint density at radius 3 is 2.61 bits per heavy atom. The summed E-state index contributed by atoms with van der Waals surface area (Å²) in [6.45, 7) is 0.661. The van der Waals surface area contributed by atoms with Crippen molar-refractivity contribution in [1.29, 1.82) is 0 Å². The van der Waals surface area contributed by atoms with Crippen molar-refractivity contribution in [3.05, 3.63) is 23.8 Å². The Hall–Kier alpha value is -1.25. The SMILES string of the molecule is Nc1cc(S(=O)(=O)N2CCCOC2)cc(F)c1F. The molecule has 5 nitrogen and oxygen atoms in total. The second-order valence-corrected chi connectivity index (χ2v) is 5.82. The Bertz CT molecular complexity index is 533. The molecule has 1 saturated heterocycles. The van der Waals surface area contributed by atoms with Crippen molar-refractivity contribution < 1.29 is 21.9 Å². The number of hydrogen-bond acceptors (Lipinski definition) is 4. The largest absolute Gasteiger partial charge is 0.396 e. The molecule has 0 saturated carbocycles. The number of ether oxygens (including phenoxy) is 1. The van der Waals surface area contributed by atoms with Crippen LogP contribution in [0, 0.1) is 11.6 Å². The van der Waals surface area contributed by atoms with Gasteiger partial charge in [-0.25, -0.2) is 17.2 Å². The number of nitrogens with two attached hydrogens (primary N) is 1. The first-order valence-corrected chi connectivity index (χ1v) is 6.69. The lowest BCUT2D eigenvalue weighted by atomic mass is 10.3. The van der Waals surface area contributed by atoms with Crippen molar-refractivity contribution in [2.75, 3.05) is 25.6 Å². The minimum absolute atomic E-state index is 0.0960. The molecule has 100 valence electrons. The van der Waals surface area contributed by atoms with Crippen molar-refractivity contribution in [3.63, 3.8) is 0 Å². The normalized spacial score (nSPS) is 17.9. The maximum atomic E-state index is 13.2. The molecule has 0 aliphatic carbocycles. The highest BCUT2D eigenvalue weighted by Crippen LogP contribution is 2.24. The zero-order chi connectivity index (χ0) is 13.3. The van der Waals surface area contributed by atoms with E-state index >= 15 is 0 Å². The van der Waals surface area contributed by atoms with Gasteiger partial charge in [0.15, 0.2) is 11.6 Å². The molecule has 1 aliphatic heterocycles. The molecule has 1 aromatic carbocycles. The van der Waals surface area contributed by atoms with Gasteiger partial charge in [-0.2, -0.15) is 4.31 Å². The molecule has 1 aromatic rings. The van der Waals surface area contributed by atoms with Crippen LogP contribution < -0.4 is 5.73 Å². The quantitative estimate of drug-likeness (QED) is 0.816. The third-order valence-electron chi connectivity index (χ3n) is 2.60. The molecular weight excluding hydrogens is 266 g/mol. The fourth-order valence-corrected chi connectivity index (χ4v) is 3.06. The van der Waals surface area contributed by atoms with E-state index in [2.05, 4.69) is 0 Å². The first-order valence-electron chi connectivity index (χ1n) is 5.25. The van der Waals surface area contributed by atoms with Crippen LogP contribution >= 0.6 is 0 Å². The third-order valence-corrected chi connectivity index (χ3v) is 4.40. The predicted octanol–water partition coefficient (Wildman–Crippen LogP) is 0.915. The molecule has 1 heterocycles. The minimum atomic E-state index is -3.90. The number of rotatable bonds is 2. The maximum absolute atomic E-state index is 13.2. The monoisotopic (exact) mass is 278 g/mol. The highest BCUT2D eigenvalue weighted by atomic mass is 32.2. The summed E-state index contributed by atoms with van der Waals surface area (Å²) in [7, 11) is -3.90. The van der Waals surface area contributed by atoms with Gasteiger partial charge in [0, 0.05) is 13.2 Å². The first-order chi connectivity index (χ1) is 8.43. The van der Waals surface area contributed by atoms with Crippen LogP contribution in [0.25, 0.3) is 0 Å². The predicted molar refractivity (Wildman–Crippen MR) is 60.1 cm³/mol. The second-order valence-electron chi connectivity index (χ2n) is 3.88. The van der Waals surface area contributed by atoms with Crippen LogP contribution in [-0.4, -0.2) is 32.6 Å². The number of nitrogen functional groups attached to an aromatic ring is 1. The van der Waals surface area contributed by atoms with E-state index in [1.807, 2.05) is 0 Å². The van der Waals surface area contributed by atoms with Crippen molar-refractivity contribution in [3.8, 4) is 0 Å². The van der Waals surface area contributed by atoms with Gasteiger partial charge in [0.2, 0.25) is 10.0 Å². The molecular formula is C10H12F2N2O3S. The molecule has 0 atom stereocenters. The molecule has 1 fully saturated rings. The molecule has 0 bridgehead atoms. The van der Waals surface area contributed by atoms with Crippen LogP contribution in [0.2, 0.25) is 0 Å². The highest BCUT2D eigenvalue weighted by molar-refractivity contribution is 7.89. The van der Waals surface area contributed by atoms with Gasteiger partial charge in [-0.05, 0) is 18.6 Å². The molecule has 0 aromatic heterocycles. The first kappa shape index (κ1) is 13.2. The molecule has 0 radical (unpaired) electrons. The van der Waals surface area contributed by atoms with E-state index in [0.29, 0.717) is 19.1 Å². The smallest absolute Gasteiger partial charge is 0.245 e. The topological polar surface area (TPSA) is 72.6 Å². The number of hydrogen-bond donors (Lipinski definition) is 1. The summed E-state index contributed by atoms with van der Waals surface area (Å²) in [6, 6.07) is 1.53. The van der Waals surface area contributed by atoms with Crippen LogP contribution in [-0.2, 0) is 14.8 Å². The van der Waals surface area contributed by atoms with Crippen molar-refractivity contribution >= 4 is 15.7 Å². The molecule has 8 heteroatoms. The van der Waals surface area contributed by atoms with Gasteiger partial charge in [-0.1, -0.05) is 0 Å². The maximum Gasteiger partial charge on any atom is 0.245 e. The average molecular weight is 278 g/mol. The van der Waals surface area contributed by atoms with Gasteiger partial charge in [0.25, 0.3) is 0 Å². The summed E-state index contributed by atoms with van der Waals surface area (Å²) in [5.41, 5.74) is 4.68. The van der Waals surface area contributed by atoms with Gasteiger partial charge in [0.1, 0.15) is 6.73 Å². The van der Waals surface area contributed by atoms with E-state index in [4.69, 9.17) is 10.5 Å². The van der Waals surface area contributed by atoms with Crippen LogP contribution in [0.4, 0.5) is 14.5 Å². The molecule has 0 amide bonds. The number of nitrogens with zero attached hydrogens (tertiary/aromatic N) is 1. The van der Waals surface area contributed by atoms with Crippen LogP contribution in [0.1, 0.15) is 6.42 Å². The summed E-state index contributed by atoms with van der Waals surface area (Å²) in [6.07, 6.45) is 0.554. The van der Waals surface area contributed by atoms with Gasteiger partial charge < -0.3 is 10.5 Å². The lowest BCUT2D eigenvalue weighted by Gasteiger charge is -2.26. The van der Waals surface area contributed by atoms with Crippen molar-refractivity contribution in [1.82, 2.24) is 4.31 Å². The van der Waals surface area contributed by atoms with Gasteiger partial charge in [-0.15, -0.1) is 0 Å². The fraction of sp³-hybridized carbons (Fsp3) is 0.400. The number of anilines is 1. The van der Waals surface area contributed by atoms with Crippen LogP contribution in [0.5, 0.6) is 0 Å². The third kappa shape index (κ3) is 2.31. The van der Waals surface area contributed by atoms with E-state index in [0.717, 1.165) is 10.4 Å². The van der Waals surface area contributed by atoms with Crippen molar-refractivity contribution in [2.45, 2.75) is 11.3 Å². The fourth-order valence-electron chi connectivity index (χ4n) is 1.65. The van der Waals surface area contributed by atoms with E-state index in [9.17, 15) is 17.2 Å². The Kier molecular flexibility index (Phi) is 3.51. The van der Waals surface area contributed by atoms with E-state index in [1.165, 1.54) is 0 Å². The highest BCUT2D eigenvalue weighted by Gasteiger charge is 2.28.